The van der Waals surface area contributed by atoms with Gasteiger partial charge < -0.3 is 10.1 Å². The van der Waals surface area contributed by atoms with Crippen LogP contribution in [0.2, 0.25) is 0 Å². The average molecular weight is 427 g/mol. The van der Waals surface area contributed by atoms with Gasteiger partial charge in [-0.25, -0.2) is 4.79 Å². The number of hydrogen-bond donors (Lipinski definition) is 1. The first-order valence-electron chi connectivity index (χ1n) is 8.39. The molecule has 29 heavy (non-hydrogen) atoms. The molecule has 1 amide bonds. The zero-order chi connectivity index (χ0) is 22.6. The SMILES string of the molecule is CC(=O)N[C@@H](CC(C)C)C(=O)COC(=O)c1c(C(F)(F)F)cccc1C(F)(F)F. The quantitative estimate of drug-likeness (QED) is 0.528. The Kier molecular flexibility index (Phi) is 7.82. The Balaban J connectivity index is 3.16. The van der Waals surface area contributed by atoms with Crippen LogP contribution in [0.3, 0.4) is 0 Å². The number of amides is 1. The number of alkyl halides is 6. The van der Waals surface area contributed by atoms with Crippen molar-refractivity contribution in [3.05, 3.63) is 34.9 Å². The molecule has 0 unspecified atom stereocenters. The second-order valence-electron chi connectivity index (χ2n) is 6.65. The summed E-state index contributed by atoms with van der Waals surface area (Å²) in [6.07, 6.45) is -10.4. The van der Waals surface area contributed by atoms with E-state index in [-0.39, 0.29) is 12.3 Å². The highest BCUT2D eigenvalue weighted by Gasteiger charge is 2.43. The molecule has 0 bridgehead atoms. The number of benzene rings is 1. The molecule has 0 fully saturated rings. The van der Waals surface area contributed by atoms with Gasteiger partial charge in [-0.1, -0.05) is 19.9 Å². The van der Waals surface area contributed by atoms with E-state index in [1.54, 1.807) is 13.8 Å². The average Bonchev–Trinajstić information content (AvgIpc) is 2.55. The largest absolute Gasteiger partial charge is 0.454 e. The van der Waals surface area contributed by atoms with Crippen LogP contribution in [-0.2, 0) is 26.7 Å². The zero-order valence-electron chi connectivity index (χ0n) is 15.7. The number of ketones is 1. The highest BCUT2D eigenvalue weighted by Crippen LogP contribution is 2.39. The fraction of sp³-hybridized carbons (Fsp3) is 0.500. The van der Waals surface area contributed by atoms with Crippen LogP contribution in [0.5, 0.6) is 0 Å². The molecular weight excluding hydrogens is 408 g/mol. The summed E-state index contributed by atoms with van der Waals surface area (Å²) in [6, 6.07) is 0.0440. The molecule has 0 radical (unpaired) electrons. The summed E-state index contributed by atoms with van der Waals surface area (Å²) in [6.45, 7) is 3.48. The van der Waals surface area contributed by atoms with Crippen LogP contribution in [-0.4, -0.2) is 30.3 Å². The maximum absolute atomic E-state index is 13.1. The van der Waals surface area contributed by atoms with Gasteiger partial charge in [-0.3, -0.25) is 9.59 Å². The van der Waals surface area contributed by atoms with Gasteiger partial charge >= 0.3 is 18.3 Å². The summed E-state index contributed by atoms with van der Waals surface area (Å²) >= 11 is 0. The Morgan fingerprint density at radius 2 is 1.48 bits per heavy atom. The van der Waals surface area contributed by atoms with Gasteiger partial charge in [0, 0.05) is 6.92 Å². The van der Waals surface area contributed by atoms with Crippen LogP contribution in [0.15, 0.2) is 18.2 Å². The van der Waals surface area contributed by atoms with Gasteiger partial charge in [-0.05, 0) is 24.5 Å². The summed E-state index contributed by atoms with van der Waals surface area (Å²) < 4.78 is 83.1. The van der Waals surface area contributed by atoms with E-state index in [4.69, 9.17) is 0 Å². The van der Waals surface area contributed by atoms with Crippen molar-refractivity contribution >= 4 is 17.7 Å². The van der Waals surface area contributed by atoms with E-state index in [1.807, 2.05) is 0 Å². The predicted molar refractivity (Wildman–Crippen MR) is 88.8 cm³/mol. The number of carbonyl (C=O) groups is 3. The van der Waals surface area contributed by atoms with E-state index in [0.29, 0.717) is 18.2 Å². The first kappa shape index (κ1) is 24.4. The smallest absolute Gasteiger partial charge is 0.417 e. The second kappa shape index (κ2) is 9.27. The molecule has 0 saturated heterocycles. The number of halogens is 6. The lowest BCUT2D eigenvalue weighted by Crippen LogP contribution is -2.42. The van der Waals surface area contributed by atoms with E-state index in [1.165, 1.54) is 0 Å². The van der Waals surface area contributed by atoms with Gasteiger partial charge in [-0.2, -0.15) is 26.3 Å². The zero-order valence-corrected chi connectivity index (χ0v) is 15.7. The van der Waals surface area contributed by atoms with Gasteiger partial charge in [0.25, 0.3) is 0 Å². The third kappa shape index (κ3) is 7.06. The van der Waals surface area contributed by atoms with Crippen molar-refractivity contribution in [1.29, 1.82) is 0 Å². The number of Topliss-reactive ketones (excluding diaryl/α,β-unsaturated/α-hetero) is 1. The van der Waals surface area contributed by atoms with Gasteiger partial charge in [-0.15, -0.1) is 0 Å². The Hall–Kier alpha value is -2.59. The molecule has 0 spiro atoms. The topological polar surface area (TPSA) is 72.5 Å². The van der Waals surface area contributed by atoms with Crippen LogP contribution < -0.4 is 5.32 Å². The number of ether oxygens (including phenoxy) is 1. The highest BCUT2D eigenvalue weighted by atomic mass is 19.4. The Bertz CT molecular complexity index is 738. The number of esters is 1. The highest BCUT2D eigenvalue weighted by molar-refractivity contribution is 5.96. The molecule has 1 rings (SSSR count). The Labute approximate surface area is 162 Å². The maximum Gasteiger partial charge on any atom is 0.417 e. The summed E-state index contributed by atoms with van der Waals surface area (Å²) in [5.74, 6) is -3.45. The molecule has 5 nitrogen and oxygen atoms in total. The number of nitrogens with one attached hydrogen (secondary N) is 1. The molecule has 1 aromatic rings. The molecule has 1 N–H and O–H groups in total. The minimum atomic E-state index is -5.25. The van der Waals surface area contributed by atoms with Crippen molar-refractivity contribution in [3.8, 4) is 0 Å². The molecule has 0 heterocycles. The Morgan fingerprint density at radius 3 is 1.86 bits per heavy atom. The lowest BCUT2D eigenvalue weighted by molar-refractivity contribution is -0.144. The normalized spacial score (nSPS) is 13.2. The first-order valence-corrected chi connectivity index (χ1v) is 8.39. The van der Waals surface area contributed by atoms with E-state index in [2.05, 4.69) is 10.1 Å². The summed E-state index contributed by atoms with van der Waals surface area (Å²) in [7, 11) is 0. The molecule has 0 aromatic heterocycles. The minimum absolute atomic E-state index is 0.0747. The van der Waals surface area contributed by atoms with Crippen molar-refractivity contribution in [2.75, 3.05) is 6.61 Å². The minimum Gasteiger partial charge on any atom is -0.454 e. The summed E-state index contributed by atoms with van der Waals surface area (Å²) in [5, 5.41) is 2.31. The van der Waals surface area contributed by atoms with Crippen LogP contribution in [0.1, 0.15) is 48.7 Å². The van der Waals surface area contributed by atoms with Crippen LogP contribution in [0, 0.1) is 5.92 Å². The van der Waals surface area contributed by atoms with E-state index in [9.17, 15) is 40.7 Å². The van der Waals surface area contributed by atoms with Crippen molar-refractivity contribution < 1.29 is 45.5 Å². The lowest BCUT2D eigenvalue weighted by atomic mass is 9.99. The van der Waals surface area contributed by atoms with E-state index >= 15 is 0 Å². The number of carbonyl (C=O) groups excluding carboxylic acids is 3. The fourth-order valence-corrected chi connectivity index (χ4v) is 2.54. The first-order chi connectivity index (χ1) is 13.1. The molecule has 162 valence electrons. The third-order valence-electron chi connectivity index (χ3n) is 3.70. The molecule has 0 aliphatic carbocycles. The van der Waals surface area contributed by atoms with Crippen molar-refractivity contribution in [2.24, 2.45) is 5.92 Å². The fourth-order valence-electron chi connectivity index (χ4n) is 2.54. The molecule has 0 aliphatic heterocycles. The summed E-state index contributed by atoms with van der Waals surface area (Å²) in [4.78, 5) is 35.5. The lowest BCUT2D eigenvalue weighted by Gasteiger charge is -2.20. The van der Waals surface area contributed by atoms with E-state index < -0.39 is 59.4 Å². The molecule has 1 atom stereocenters. The van der Waals surface area contributed by atoms with Gasteiger partial charge in [0.05, 0.1) is 22.7 Å². The molecular formula is C18H19F6NO4. The van der Waals surface area contributed by atoms with Gasteiger partial charge in [0.1, 0.15) is 0 Å². The van der Waals surface area contributed by atoms with Crippen LogP contribution in [0.4, 0.5) is 26.3 Å². The number of hydrogen-bond acceptors (Lipinski definition) is 4. The monoisotopic (exact) mass is 427 g/mol. The van der Waals surface area contributed by atoms with Crippen molar-refractivity contribution in [1.82, 2.24) is 5.32 Å². The van der Waals surface area contributed by atoms with Crippen LogP contribution >= 0.6 is 0 Å². The maximum atomic E-state index is 13.1. The van der Waals surface area contributed by atoms with E-state index in [0.717, 1.165) is 6.92 Å². The third-order valence-corrected chi connectivity index (χ3v) is 3.70. The standard InChI is InChI=1S/C18H19F6NO4/c1-9(2)7-13(25-10(3)26)14(27)8-29-16(28)15-11(17(19,20)21)5-4-6-12(15)18(22,23)24/h4-6,9,13H,7-8H2,1-3H3,(H,25,26)/t13-/m0/s1. The molecule has 11 heteroatoms. The Morgan fingerprint density at radius 1 is 1.00 bits per heavy atom. The predicted octanol–water partition coefficient (Wildman–Crippen LogP) is 4.00. The van der Waals surface area contributed by atoms with Crippen LogP contribution in [0.25, 0.3) is 0 Å². The second-order valence-corrected chi connectivity index (χ2v) is 6.65. The van der Waals surface area contributed by atoms with Gasteiger partial charge in [0.15, 0.2) is 12.4 Å². The van der Waals surface area contributed by atoms with Crippen molar-refractivity contribution in [2.45, 2.75) is 45.6 Å². The molecule has 0 saturated carbocycles. The van der Waals surface area contributed by atoms with Gasteiger partial charge in [0.2, 0.25) is 5.91 Å². The molecule has 0 aliphatic rings. The summed E-state index contributed by atoms with van der Waals surface area (Å²) in [5.41, 5.74) is -5.38. The van der Waals surface area contributed by atoms with Crippen molar-refractivity contribution in [3.63, 3.8) is 0 Å². The molecule has 1 aromatic carbocycles. The number of rotatable bonds is 7.